The number of anilines is 1. The van der Waals surface area contributed by atoms with E-state index < -0.39 is 0 Å². The molecule has 6 nitrogen and oxygen atoms in total. The first kappa shape index (κ1) is 16.4. The molecule has 0 radical (unpaired) electrons. The van der Waals surface area contributed by atoms with Crippen molar-refractivity contribution in [1.82, 2.24) is 14.6 Å². The van der Waals surface area contributed by atoms with Gasteiger partial charge in [-0.05, 0) is 30.3 Å². The average molecular weight is 367 g/mol. The van der Waals surface area contributed by atoms with Gasteiger partial charge in [-0.25, -0.2) is 9.50 Å². The Morgan fingerprint density at radius 2 is 2.27 bits per heavy atom. The van der Waals surface area contributed by atoms with E-state index in [0.717, 1.165) is 6.42 Å². The van der Waals surface area contributed by atoms with Crippen molar-refractivity contribution in [2.45, 2.75) is 12.5 Å². The minimum absolute atomic E-state index is 0.0875. The van der Waals surface area contributed by atoms with Gasteiger partial charge < -0.3 is 10.1 Å². The van der Waals surface area contributed by atoms with Crippen LogP contribution in [0, 0.1) is 0 Å². The van der Waals surface area contributed by atoms with Crippen LogP contribution in [0.2, 0.25) is 5.02 Å². The third-order valence-electron chi connectivity index (χ3n) is 3.93. The van der Waals surface area contributed by atoms with Gasteiger partial charge in [0.25, 0.3) is 5.91 Å². The van der Waals surface area contributed by atoms with Gasteiger partial charge in [0.15, 0.2) is 5.65 Å². The zero-order valence-electron chi connectivity index (χ0n) is 13.7. The molecule has 4 rings (SSSR count). The van der Waals surface area contributed by atoms with E-state index in [1.807, 2.05) is 24.3 Å². The summed E-state index contributed by atoms with van der Waals surface area (Å²) >= 11 is 6.10. The molecule has 1 aromatic carbocycles. The molecule has 0 fully saturated rings. The van der Waals surface area contributed by atoms with Gasteiger partial charge in [-0.2, -0.15) is 5.10 Å². The molecule has 0 aliphatic heterocycles. The van der Waals surface area contributed by atoms with E-state index in [9.17, 15) is 4.79 Å². The van der Waals surface area contributed by atoms with E-state index in [1.165, 1.54) is 6.20 Å². The van der Waals surface area contributed by atoms with Crippen LogP contribution in [-0.2, 0) is 0 Å². The van der Waals surface area contributed by atoms with Crippen molar-refractivity contribution in [1.29, 1.82) is 0 Å². The van der Waals surface area contributed by atoms with Gasteiger partial charge in [0.05, 0.1) is 11.9 Å². The van der Waals surface area contributed by atoms with Crippen LogP contribution in [0.25, 0.3) is 5.65 Å². The number of allylic oxidation sites excluding steroid dienone is 2. The summed E-state index contributed by atoms with van der Waals surface area (Å²) < 4.78 is 7.54. The third kappa shape index (κ3) is 3.32. The lowest BCUT2D eigenvalue weighted by Crippen LogP contribution is -2.17. The maximum absolute atomic E-state index is 12.7. The van der Waals surface area contributed by atoms with E-state index in [2.05, 4.69) is 15.4 Å². The van der Waals surface area contributed by atoms with E-state index in [0.29, 0.717) is 27.7 Å². The summed E-state index contributed by atoms with van der Waals surface area (Å²) in [6.45, 7) is 0. The first-order chi connectivity index (χ1) is 12.7. The van der Waals surface area contributed by atoms with Crippen LogP contribution in [-0.4, -0.2) is 26.6 Å². The number of aromatic nitrogens is 3. The molecule has 1 aliphatic carbocycles. The smallest absolute Gasteiger partial charge is 0.261 e. The molecule has 1 atom stereocenters. The highest BCUT2D eigenvalue weighted by atomic mass is 35.5. The highest BCUT2D eigenvalue weighted by Gasteiger charge is 2.17. The van der Waals surface area contributed by atoms with Crippen molar-refractivity contribution in [2.75, 3.05) is 5.32 Å². The number of nitrogens with zero attached hydrogens (tertiary/aromatic N) is 3. The van der Waals surface area contributed by atoms with Crippen LogP contribution in [0.3, 0.4) is 0 Å². The fourth-order valence-corrected chi connectivity index (χ4v) is 2.86. The summed E-state index contributed by atoms with van der Waals surface area (Å²) in [6, 6.07) is 6.89. The van der Waals surface area contributed by atoms with Crippen molar-refractivity contribution in [2.24, 2.45) is 0 Å². The van der Waals surface area contributed by atoms with Crippen molar-refractivity contribution < 1.29 is 9.53 Å². The molecule has 0 spiro atoms. The Morgan fingerprint density at radius 3 is 3.12 bits per heavy atom. The lowest BCUT2D eigenvalue weighted by Gasteiger charge is -2.19. The van der Waals surface area contributed by atoms with Gasteiger partial charge in [0.1, 0.15) is 17.4 Å². The van der Waals surface area contributed by atoms with Crippen LogP contribution >= 0.6 is 11.6 Å². The van der Waals surface area contributed by atoms with Gasteiger partial charge in [-0.15, -0.1) is 0 Å². The van der Waals surface area contributed by atoms with Crippen LogP contribution in [0.5, 0.6) is 5.75 Å². The Bertz CT molecular complexity index is 1030. The molecule has 3 aromatic rings. The monoisotopic (exact) mass is 366 g/mol. The second-order valence-corrected chi connectivity index (χ2v) is 6.18. The fourth-order valence-electron chi connectivity index (χ4n) is 2.69. The largest absolute Gasteiger partial charge is 0.484 e. The highest BCUT2D eigenvalue weighted by molar-refractivity contribution is 6.31. The predicted octanol–water partition coefficient (Wildman–Crippen LogP) is 3.90. The number of carbonyl (C=O) groups is 1. The van der Waals surface area contributed by atoms with Gasteiger partial charge in [0.2, 0.25) is 0 Å². The topological polar surface area (TPSA) is 68.5 Å². The Balaban J connectivity index is 1.60. The molecule has 1 unspecified atom stereocenters. The van der Waals surface area contributed by atoms with Gasteiger partial charge in [-0.1, -0.05) is 29.8 Å². The molecule has 130 valence electrons. The first-order valence-electron chi connectivity index (χ1n) is 8.10. The van der Waals surface area contributed by atoms with E-state index in [4.69, 9.17) is 16.3 Å². The predicted molar refractivity (Wildman–Crippen MR) is 99.7 cm³/mol. The Kier molecular flexibility index (Phi) is 4.41. The van der Waals surface area contributed by atoms with Gasteiger partial charge >= 0.3 is 0 Å². The molecule has 2 heterocycles. The molecule has 0 bridgehead atoms. The number of hydrogen-bond donors (Lipinski definition) is 1. The molecule has 7 heteroatoms. The average Bonchev–Trinajstić information content (AvgIpc) is 3.09. The van der Waals surface area contributed by atoms with Crippen LogP contribution in [0.1, 0.15) is 16.8 Å². The normalized spacial score (nSPS) is 16.0. The van der Waals surface area contributed by atoms with Crippen molar-refractivity contribution in [3.05, 3.63) is 77.7 Å². The Morgan fingerprint density at radius 1 is 1.35 bits per heavy atom. The van der Waals surface area contributed by atoms with Crippen LogP contribution in [0.4, 0.5) is 5.69 Å². The zero-order valence-corrected chi connectivity index (χ0v) is 14.4. The molecule has 0 saturated heterocycles. The maximum atomic E-state index is 12.7. The number of benzene rings is 1. The maximum Gasteiger partial charge on any atom is 0.261 e. The van der Waals surface area contributed by atoms with E-state index >= 15 is 0 Å². The second kappa shape index (κ2) is 7.01. The number of halogens is 1. The Labute approximate surface area is 154 Å². The second-order valence-electron chi connectivity index (χ2n) is 5.75. The number of amides is 1. The minimum Gasteiger partial charge on any atom is -0.484 e. The number of fused-ring (bicyclic) bond motifs is 1. The fraction of sp³-hybridized carbons (Fsp3) is 0.105. The summed E-state index contributed by atoms with van der Waals surface area (Å²) in [5, 5.41) is 7.49. The molecule has 26 heavy (non-hydrogen) atoms. The van der Waals surface area contributed by atoms with E-state index in [1.54, 1.807) is 41.2 Å². The Hall–Kier alpha value is -3.12. The molecule has 0 saturated carbocycles. The summed E-state index contributed by atoms with van der Waals surface area (Å²) in [5.41, 5.74) is 1.35. The van der Waals surface area contributed by atoms with Gasteiger partial charge in [-0.3, -0.25) is 4.79 Å². The minimum atomic E-state index is -0.329. The molecule has 1 amide bonds. The van der Waals surface area contributed by atoms with Crippen molar-refractivity contribution in [3.63, 3.8) is 0 Å². The van der Waals surface area contributed by atoms with Crippen molar-refractivity contribution in [3.8, 4) is 5.75 Å². The third-order valence-corrected chi connectivity index (χ3v) is 4.17. The summed E-state index contributed by atoms with van der Waals surface area (Å²) in [6.07, 6.45) is 13.4. The summed E-state index contributed by atoms with van der Waals surface area (Å²) in [7, 11) is 0. The standard InChI is InChI=1S/C19H15ClN4O2/c20-13-7-8-17(26-14-5-2-1-3-6-14)16(11-13)23-19(25)15-12-22-24-10-4-9-21-18(15)24/h1-5,7-12,14H,6H2,(H,23,25). The quantitative estimate of drug-likeness (QED) is 0.760. The lowest BCUT2D eigenvalue weighted by molar-refractivity contribution is 0.102. The number of carbonyl (C=O) groups excluding carboxylic acids is 1. The molecular weight excluding hydrogens is 352 g/mol. The van der Waals surface area contributed by atoms with Crippen LogP contribution < -0.4 is 10.1 Å². The molecular formula is C19H15ClN4O2. The molecule has 1 aliphatic rings. The SMILES string of the molecule is O=C(Nc1cc(Cl)ccc1OC1C=CC=CC1)c1cnn2cccnc12. The lowest BCUT2D eigenvalue weighted by atomic mass is 10.1. The summed E-state index contributed by atoms with van der Waals surface area (Å²) in [5.74, 6) is 0.224. The molecule has 2 aromatic heterocycles. The van der Waals surface area contributed by atoms with E-state index in [-0.39, 0.29) is 12.0 Å². The van der Waals surface area contributed by atoms with Gasteiger partial charge in [0, 0.05) is 23.8 Å². The number of ether oxygens (including phenoxy) is 1. The molecule has 1 N–H and O–H groups in total. The highest BCUT2D eigenvalue weighted by Crippen LogP contribution is 2.30. The number of nitrogens with one attached hydrogen (secondary N) is 1. The number of rotatable bonds is 4. The zero-order chi connectivity index (χ0) is 17.9. The summed E-state index contributed by atoms with van der Waals surface area (Å²) in [4.78, 5) is 16.9. The number of hydrogen-bond acceptors (Lipinski definition) is 4. The first-order valence-corrected chi connectivity index (χ1v) is 8.48. The van der Waals surface area contributed by atoms with Crippen LogP contribution in [0.15, 0.2) is 67.2 Å². The van der Waals surface area contributed by atoms with Crippen molar-refractivity contribution >= 4 is 28.8 Å².